The first-order valence-corrected chi connectivity index (χ1v) is 11.3. The van der Waals surface area contributed by atoms with Crippen molar-refractivity contribution >= 4 is 0 Å². The maximum Gasteiger partial charge on any atom is 0.261 e. The first kappa shape index (κ1) is 18.3. The van der Waals surface area contributed by atoms with E-state index in [1.54, 1.807) is 6.20 Å². The number of aromatic nitrogens is 5. The fraction of sp³-hybridized carbons (Fsp3) is 0.360. The Kier molecular flexibility index (Phi) is 3.90. The maximum absolute atomic E-state index is 5.62. The number of hydrogen-bond donors (Lipinski definition) is 0. The van der Waals surface area contributed by atoms with E-state index in [2.05, 4.69) is 51.6 Å². The van der Waals surface area contributed by atoms with Crippen LogP contribution in [-0.2, 0) is 10.2 Å². The van der Waals surface area contributed by atoms with E-state index in [0.717, 1.165) is 29.8 Å². The molecule has 1 aromatic carbocycles. The van der Waals surface area contributed by atoms with Gasteiger partial charge >= 0.3 is 0 Å². The molecular weight excluding hydrogens is 402 g/mol. The second-order valence-electron chi connectivity index (χ2n) is 9.23. The van der Waals surface area contributed by atoms with Gasteiger partial charge in [-0.2, -0.15) is 10.1 Å². The summed E-state index contributed by atoms with van der Waals surface area (Å²) in [7, 11) is 0. The lowest BCUT2D eigenvalue weighted by molar-refractivity contribution is -0.0286. The van der Waals surface area contributed by atoms with E-state index in [1.165, 1.54) is 29.7 Å². The Labute approximate surface area is 185 Å². The highest BCUT2D eigenvalue weighted by molar-refractivity contribution is 5.63. The average Bonchev–Trinajstić information content (AvgIpc) is 3.71. The van der Waals surface area contributed by atoms with Crippen molar-refractivity contribution in [2.45, 2.75) is 43.1 Å². The molecule has 3 aliphatic rings. The van der Waals surface area contributed by atoms with Crippen molar-refractivity contribution in [2.75, 3.05) is 13.2 Å². The molecule has 0 unspecified atom stereocenters. The van der Waals surface area contributed by atoms with Crippen LogP contribution < -0.4 is 0 Å². The van der Waals surface area contributed by atoms with Gasteiger partial charge in [-0.25, -0.2) is 0 Å². The summed E-state index contributed by atoms with van der Waals surface area (Å²) in [5, 5.41) is 8.77. The van der Waals surface area contributed by atoms with E-state index in [9.17, 15) is 0 Å². The quantitative estimate of drug-likeness (QED) is 0.452. The molecule has 2 saturated carbocycles. The molecule has 0 amide bonds. The van der Waals surface area contributed by atoms with Gasteiger partial charge in [0, 0.05) is 29.6 Å². The van der Waals surface area contributed by atoms with Crippen molar-refractivity contribution in [1.29, 1.82) is 0 Å². The molecule has 32 heavy (non-hydrogen) atoms. The van der Waals surface area contributed by atoms with Crippen molar-refractivity contribution in [3.8, 4) is 22.6 Å². The second-order valence-corrected chi connectivity index (χ2v) is 9.23. The summed E-state index contributed by atoms with van der Waals surface area (Å²) in [4.78, 5) is 9.40. The maximum atomic E-state index is 5.62. The molecule has 4 heterocycles. The van der Waals surface area contributed by atoms with Crippen molar-refractivity contribution in [3.63, 3.8) is 0 Å². The van der Waals surface area contributed by atoms with E-state index < -0.39 is 0 Å². The average molecular weight is 425 g/mol. The Morgan fingerprint density at radius 2 is 1.72 bits per heavy atom. The zero-order chi connectivity index (χ0) is 21.1. The number of pyridine rings is 1. The molecule has 0 radical (unpaired) electrons. The minimum absolute atomic E-state index is 0.147. The van der Waals surface area contributed by atoms with Gasteiger partial charge in [-0.15, -0.1) is 0 Å². The van der Waals surface area contributed by atoms with Gasteiger partial charge in [0.1, 0.15) is 0 Å². The predicted molar refractivity (Wildman–Crippen MR) is 117 cm³/mol. The van der Waals surface area contributed by atoms with Gasteiger partial charge in [-0.1, -0.05) is 35.5 Å². The highest BCUT2D eigenvalue weighted by Gasteiger charge is 2.50. The summed E-state index contributed by atoms with van der Waals surface area (Å²) in [5.41, 5.74) is 5.50. The fourth-order valence-corrected chi connectivity index (χ4v) is 4.50. The fourth-order valence-electron chi connectivity index (χ4n) is 4.50. The number of nitrogens with zero attached hydrogens (tertiary/aromatic N) is 5. The van der Waals surface area contributed by atoms with Gasteiger partial charge in [0.25, 0.3) is 5.89 Å². The molecule has 0 N–H and O–H groups in total. The summed E-state index contributed by atoms with van der Waals surface area (Å²) < 4.78 is 12.8. The third kappa shape index (κ3) is 2.99. The number of hydrogen-bond acceptors (Lipinski definition) is 6. The molecular formula is C25H23N5O2. The number of ether oxygens (including phenoxy) is 1. The second kappa shape index (κ2) is 6.84. The van der Waals surface area contributed by atoms with Crippen LogP contribution in [0, 0.1) is 0 Å². The van der Waals surface area contributed by atoms with Crippen molar-refractivity contribution < 1.29 is 9.26 Å². The smallest absolute Gasteiger partial charge is 0.261 e. The summed E-state index contributed by atoms with van der Waals surface area (Å²) in [5.74, 6) is 1.97. The Balaban J connectivity index is 1.12. The summed E-state index contributed by atoms with van der Waals surface area (Å²) in [6.45, 7) is 1.41. The molecule has 7 nitrogen and oxygen atoms in total. The van der Waals surface area contributed by atoms with Crippen molar-refractivity contribution in [1.82, 2.24) is 24.9 Å². The minimum atomic E-state index is -0.147. The molecule has 7 heteroatoms. The van der Waals surface area contributed by atoms with Gasteiger partial charge in [0.15, 0.2) is 5.82 Å². The van der Waals surface area contributed by atoms with E-state index in [1.807, 2.05) is 17.1 Å². The van der Waals surface area contributed by atoms with Gasteiger partial charge < -0.3 is 9.26 Å². The Bertz CT molecular complexity index is 1260. The SMILES string of the molecule is c1cc(C2(c3noc(-c4cnn(C5COC5)c4)n3)CC2)ccc1-c1ccc(C2CC2)nc1. The van der Waals surface area contributed by atoms with Crippen LogP contribution in [0.15, 0.2) is 59.5 Å². The Morgan fingerprint density at radius 1 is 0.906 bits per heavy atom. The summed E-state index contributed by atoms with van der Waals surface area (Å²) in [6.07, 6.45) is 10.4. The molecule has 1 aliphatic heterocycles. The Hall–Kier alpha value is -3.32. The Morgan fingerprint density at radius 3 is 2.38 bits per heavy atom. The summed E-state index contributed by atoms with van der Waals surface area (Å²) in [6, 6.07) is 13.4. The zero-order valence-corrected chi connectivity index (χ0v) is 17.6. The molecule has 0 spiro atoms. The molecule has 1 saturated heterocycles. The van der Waals surface area contributed by atoms with Crippen LogP contribution in [0.25, 0.3) is 22.6 Å². The normalized spacial score (nSPS) is 19.6. The first-order valence-electron chi connectivity index (χ1n) is 11.3. The highest BCUT2D eigenvalue weighted by Crippen LogP contribution is 2.52. The molecule has 2 aliphatic carbocycles. The van der Waals surface area contributed by atoms with E-state index in [0.29, 0.717) is 31.1 Å². The standard InChI is InChI=1S/C25H23N5O2/c1-2-17(1)22-8-5-18(11-26-22)16-3-6-20(7-4-16)25(9-10-25)24-28-23(32-29-24)19-12-27-30(13-19)21-14-31-15-21/h3-8,11-13,17,21H,1-2,9-10,14-15H2. The number of rotatable bonds is 6. The molecule has 4 aromatic rings. The van der Waals surface area contributed by atoms with Crippen LogP contribution in [0.4, 0.5) is 0 Å². The summed E-state index contributed by atoms with van der Waals surface area (Å²) >= 11 is 0. The van der Waals surface area contributed by atoms with Gasteiger partial charge in [0.2, 0.25) is 0 Å². The highest BCUT2D eigenvalue weighted by atomic mass is 16.5. The molecule has 3 fully saturated rings. The van der Waals surface area contributed by atoms with Crippen LogP contribution in [0.2, 0.25) is 0 Å². The van der Waals surface area contributed by atoms with E-state index in [-0.39, 0.29) is 5.41 Å². The lowest BCUT2D eigenvalue weighted by atomic mass is 9.93. The zero-order valence-electron chi connectivity index (χ0n) is 17.6. The lowest BCUT2D eigenvalue weighted by Gasteiger charge is -2.25. The number of benzene rings is 1. The van der Waals surface area contributed by atoms with Gasteiger partial charge in [-0.05, 0) is 42.9 Å². The van der Waals surface area contributed by atoms with Gasteiger partial charge in [0.05, 0.1) is 36.4 Å². The van der Waals surface area contributed by atoms with E-state index in [4.69, 9.17) is 14.2 Å². The topological polar surface area (TPSA) is 78.9 Å². The largest absolute Gasteiger partial charge is 0.377 e. The first-order chi connectivity index (χ1) is 15.8. The molecule has 3 aromatic heterocycles. The van der Waals surface area contributed by atoms with Crippen molar-refractivity contribution in [2.24, 2.45) is 0 Å². The van der Waals surface area contributed by atoms with E-state index >= 15 is 0 Å². The predicted octanol–water partition coefficient (Wildman–Crippen LogP) is 4.52. The molecule has 0 bridgehead atoms. The third-order valence-corrected chi connectivity index (χ3v) is 7.00. The van der Waals surface area contributed by atoms with Crippen LogP contribution in [-0.4, -0.2) is 38.1 Å². The lowest BCUT2D eigenvalue weighted by Crippen LogP contribution is -2.30. The van der Waals surface area contributed by atoms with Crippen LogP contribution in [0.3, 0.4) is 0 Å². The van der Waals surface area contributed by atoms with Gasteiger partial charge in [-0.3, -0.25) is 9.67 Å². The van der Waals surface area contributed by atoms with Crippen molar-refractivity contribution in [3.05, 3.63) is 72.1 Å². The van der Waals surface area contributed by atoms with Crippen LogP contribution in [0.1, 0.15) is 54.7 Å². The van der Waals surface area contributed by atoms with Crippen LogP contribution in [0.5, 0.6) is 0 Å². The monoisotopic (exact) mass is 425 g/mol. The molecule has 160 valence electrons. The molecule has 0 atom stereocenters. The van der Waals surface area contributed by atoms with Crippen LogP contribution >= 0.6 is 0 Å². The third-order valence-electron chi connectivity index (χ3n) is 7.00. The minimum Gasteiger partial charge on any atom is -0.377 e. The molecule has 7 rings (SSSR count).